The standard InChI is InChI=1S/C27H30FN3O3S/c1-17-11-24(30-26(32)22-5-4-6-23(28)12-22)35-25(17)27(33)29-13-20-7-9-21(10-8-20)16-31-14-18(2)34-19(3)15-31/h4-12,18-19H,13-16H2,1-3H3,(H,29,33)(H,30,32). The normalized spacial score (nSPS) is 18.3. The number of nitrogens with zero attached hydrogens (tertiary/aromatic N) is 1. The van der Waals surface area contributed by atoms with E-state index in [9.17, 15) is 14.0 Å². The predicted molar refractivity (Wildman–Crippen MR) is 136 cm³/mol. The summed E-state index contributed by atoms with van der Waals surface area (Å²) in [6.07, 6.45) is 0.480. The number of anilines is 1. The zero-order valence-electron chi connectivity index (χ0n) is 20.1. The van der Waals surface area contributed by atoms with Crippen molar-refractivity contribution in [1.29, 1.82) is 0 Å². The van der Waals surface area contributed by atoms with E-state index in [2.05, 4.69) is 41.5 Å². The van der Waals surface area contributed by atoms with Crippen molar-refractivity contribution in [1.82, 2.24) is 10.2 Å². The second kappa shape index (κ2) is 11.1. The molecule has 8 heteroatoms. The highest BCUT2D eigenvalue weighted by molar-refractivity contribution is 7.18. The van der Waals surface area contributed by atoms with Crippen molar-refractivity contribution in [2.45, 2.75) is 46.1 Å². The quantitative estimate of drug-likeness (QED) is 0.485. The molecule has 0 saturated carbocycles. The number of morpholine rings is 1. The third-order valence-electron chi connectivity index (χ3n) is 5.82. The van der Waals surface area contributed by atoms with E-state index in [0.717, 1.165) is 30.8 Å². The highest BCUT2D eigenvalue weighted by atomic mass is 32.1. The molecule has 2 atom stereocenters. The van der Waals surface area contributed by atoms with Crippen LogP contribution < -0.4 is 10.6 Å². The number of nitrogens with one attached hydrogen (secondary N) is 2. The van der Waals surface area contributed by atoms with Crippen LogP contribution in [0.3, 0.4) is 0 Å². The molecule has 2 heterocycles. The van der Waals surface area contributed by atoms with Crippen LogP contribution in [0.4, 0.5) is 9.39 Å². The fraction of sp³-hybridized carbons (Fsp3) is 0.333. The van der Waals surface area contributed by atoms with Crippen molar-refractivity contribution in [2.24, 2.45) is 0 Å². The minimum absolute atomic E-state index is 0.195. The summed E-state index contributed by atoms with van der Waals surface area (Å²) in [7, 11) is 0. The van der Waals surface area contributed by atoms with Gasteiger partial charge in [0.15, 0.2) is 0 Å². The van der Waals surface area contributed by atoms with Crippen LogP contribution in [0, 0.1) is 12.7 Å². The number of rotatable bonds is 7. The molecule has 0 radical (unpaired) electrons. The van der Waals surface area contributed by atoms with Crippen LogP contribution in [0.15, 0.2) is 54.6 Å². The number of carbonyl (C=O) groups excluding carboxylic acids is 2. The van der Waals surface area contributed by atoms with Crippen molar-refractivity contribution in [3.8, 4) is 0 Å². The van der Waals surface area contributed by atoms with E-state index in [1.165, 1.54) is 35.1 Å². The van der Waals surface area contributed by atoms with Gasteiger partial charge in [0.1, 0.15) is 5.82 Å². The molecule has 2 N–H and O–H groups in total. The van der Waals surface area contributed by atoms with Gasteiger partial charge in [-0.25, -0.2) is 4.39 Å². The average Bonchev–Trinajstić information content (AvgIpc) is 3.17. The summed E-state index contributed by atoms with van der Waals surface area (Å²) in [5.74, 6) is -1.09. The molecule has 0 spiro atoms. The number of ether oxygens (including phenoxy) is 1. The average molecular weight is 496 g/mol. The van der Waals surface area contributed by atoms with Crippen LogP contribution in [-0.2, 0) is 17.8 Å². The van der Waals surface area contributed by atoms with Crippen LogP contribution in [-0.4, -0.2) is 42.0 Å². The Morgan fingerprint density at radius 3 is 2.40 bits per heavy atom. The molecule has 2 unspecified atom stereocenters. The van der Waals surface area contributed by atoms with Gasteiger partial charge >= 0.3 is 0 Å². The Bertz CT molecular complexity index is 1180. The Morgan fingerprint density at radius 2 is 1.71 bits per heavy atom. The molecular weight excluding hydrogens is 465 g/mol. The molecule has 3 aromatic rings. The van der Waals surface area contributed by atoms with Crippen LogP contribution in [0.25, 0.3) is 0 Å². The van der Waals surface area contributed by atoms with E-state index in [-0.39, 0.29) is 23.7 Å². The first kappa shape index (κ1) is 25.0. The summed E-state index contributed by atoms with van der Waals surface area (Å²) in [4.78, 5) is 28.1. The maximum atomic E-state index is 13.4. The second-order valence-electron chi connectivity index (χ2n) is 9.04. The molecule has 1 aliphatic heterocycles. The highest BCUT2D eigenvalue weighted by Crippen LogP contribution is 2.27. The van der Waals surface area contributed by atoms with Gasteiger partial charge in [-0.05, 0) is 61.7 Å². The van der Waals surface area contributed by atoms with Crippen molar-refractivity contribution in [2.75, 3.05) is 18.4 Å². The Balaban J connectivity index is 1.30. The third kappa shape index (κ3) is 6.75. The SMILES string of the molecule is Cc1cc(NC(=O)c2cccc(F)c2)sc1C(=O)NCc1ccc(CN2CC(C)OC(C)C2)cc1. The Labute approximate surface area is 209 Å². The molecule has 0 bridgehead atoms. The van der Waals surface area contributed by atoms with Gasteiger partial charge in [-0.1, -0.05) is 30.3 Å². The number of carbonyl (C=O) groups is 2. The number of amides is 2. The van der Waals surface area contributed by atoms with Gasteiger partial charge in [-0.15, -0.1) is 11.3 Å². The van der Waals surface area contributed by atoms with Gasteiger partial charge in [-0.2, -0.15) is 0 Å². The summed E-state index contributed by atoms with van der Waals surface area (Å²) >= 11 is 1.20. The van der Waals surface area contributed by atoms with Crippen LogP contribution in [0.5, 0.6) is 0 Å². The smallest absolute Gasteiger partial charge is 0.261 e. The van der Waals surface area contributed by atoms with Crippen molar-refractivity contribution in [3.05, 3.63) is 87.5 Å². The van der Waals surface area contributed by atoms with Crippen molar-refractivity contribution < 1.29 is 18.7 Å². The summed E-state index contributed by atoms with van der Waals surface area (Å²) in [5, 5.41) is 6.24. The lowest BCUT2D eigenvalue weighted by Crippen LogP contribution is -2.44. The van der Waals surface area contributed by atoms with Gasteiger partial charge in [0.2, 0.25) is 0 Å². The molecule has 1 aromatic heterocycles. The van der Waals surface area contributed by atoms with Crippen molar-refractivity contribution >= 4 is 28.2 Å². The molecule has 184 valence electrons. The van der Waals surface area contributed by atoms with E-state index in [0.29, 0.717) is 16.4 Å². The maximum absolute atomic E-state index is 13.4. The van der Waals surface area contributed by atoms with E-state index >= 15 is 0 Å². The largest absolute Gasteiger partial charge is 0.373 e. The lowest BCUT2D eigenvalue weighted by Gasteiger charge is -2.35. The number of hydrogen-bond donors (Lipinski definition) is 2. The minimum Gasteiger partial charge on any atom is -0.373 e. The molecule has 2 aromatic carbocycles. The first-order valence-corrected chi connectivity index (χ1v) is 12.5. The monoisotopic (exact) mass is 495 g/mol. The summed E-state index contributed by atoms with van der Waals surface area (Å²) in [6, 6.07) is 15.5. The topological polar surface area (TPSA) is 70.7 Å². The van der Waals surface area contributed by atoms with Gasteiger partial charge in [0.25, 0.3) is 11.8 Å². The van der Waals surface area contributed by atoms with Crippen LogP contribution in [0.1, 0.15) is 50.6 Å². The van der Waals surface area contributed by atoms with Crippen LogP contribution >= 0.6 is 11.3 Å². The molecule has 6 nitrogen and oxygen atoms in total. The van der Waals surface area contributed by atoms with E-state index < -0.39 is 11.7 Å². The lowest BCUT2D eigenvalue weighted by molar-refractivity contribution is -0.0704. The first-order valence-electron chi connectivity index (χ1n) is 11.7. The molecule has 1 aliphatic rings. The van der Waals surface area contributed by atoms with E-state index in [1.54, 1.807) is 12.1 Å². The number of halogens is 1. The van der Waals surface area contributed by atoms with Gasteiger partial charge < -0.3 is 15.4 Å². The Hall–Kier alpha value is -3.07. The van der Waals surface area contributed by atoms with E-state index in [1.807, 2.05) is 19.1 Å². The van der Waals surface area contributed by atoms with Crippen molar-refractivity contribution in [3.63, 3.8) is 0 Å². The molecule has 1 fully saturated rings. The fourth-order valence-electron chi connectivity index (χ4n) is 4.28. The number of thiophene rings is 1. The van der Waals surface area contributed by atoms with Crippen LogP contribution in [0.2, 0.25) is 0 Å². The lowest BCUT2D eigenvalue weighted by atomic mass is 10.1. The Kier molecular flexibility index (Phi) is 7.95. The number of benzene rings is 2. The zero-order valence-corrected chi connectivity index (χ0v) is 21.0. The molecule has 2 amide bonds. The van der Waals surface area contributed by atoms with Gasteiger partial charge in [0, 0.05) is 31.7 Å². The van der Waals surface area contributed by atoms with Gasteiger partial charge in [0.05, 0.1) is 22.1 Å². The first-order chi connectivity index (χ1) is 16.8. The summed E-state index contributed by atoms with van der Waals surface area (Å²) in [6.45, 7) is 9.16. The summed E-state index contributed by atoms with van der Waals surface area (Å²) < 4.78 is 19.2. The molecule has 0 aliphatic carbocycles. The third-order valence-corrected chi connectivity index (χ3v) is 6.98. The second-order valence-corrected chi connectivity index (χ2v) is 10.1. The van der Waals surface area contributed by atoms with E-state index in [4.69, 9.17) is 4.74 Å². The molecular formula is C27H30FN3O3S. The summed E-state index contributed by atoms with van der Waals surface area (Å²) in [5.41, 5.74) is 3.24. The molecule has 35 heavy (non-hydrogen) atoms. The highest BCUT2D eigenvalue weighted by Gasteiger charge is 2.22. The zero-order chi connectivity index (χ0) is 24.9. The number of aryl methyl sites for hydroxylation is 1. The Morgan fingerprint density at radius 1 is 1.03 bits per heavy atom. The fourth-order valence-corrected chi connectivity index (χ4v) is 5.26. The number of hydrogen-bond acceptors (Lipinski definition) is 5. The molecule has 4 rings (SSSR count). The maximum Gasteiger partial charge on any atom is 0.261 e. The minimum atomic E-state index is -0.474. The predicted octanol–water partition coefficient (Wildman–Crippen LogP) is 4.99. The van der Waals surface area contributed by atoms with Gasteiger partial charge in [-0.3, -0.25) is 14.5 Å². The molecule has 1 saturated heterocycles.